The summed E-state index contributed by atoms with van der Waals surface area (Å²) in [5, 5.41) is 6.08. The van der Waals surface area contributed by atoms with Crippen molar-refractivity contribution in [1.29, 1.82) is 0 Å². The molecule has 2 aromatic rings. The number of halogens is 5. The molecular weight excluding hydrogens is 448 g/mol. The van der Waals surface area contributed by atoms with Crippen LogP contribution in [-0.4, -0.2) is 26.1 Å². The summed E-state index contributed by atoms with van der Waals surface area (Å²) in [4.78, 5) is -0.903. The van der Waals surface area contributed by atoms with Gasteiger partial charge in [0.1, 0.15) is 5.75 Å². The second-order valence-corrected chi connectivity index (χ2v) is 8.16. The standard InChI is InChI=1S/C15H11Cl2F3N2O3S2/c1-21-14(26)22-8-6-11(16)13(12(17)7-8)25-9-2-4-10(5-3-9)27(23,24)15(18,19)20/h2-7H,1H3,(H2,21,22,26). The Labute approximate surface area is 168 Å². The number of nitrogens with one attached hydrogen (secondary N) is 2. The van der Waals surface area contributed by atoms with Crippen LogP contribution in [0.1, 0.15) is 0 Å². The molecule has 2 rings (SSSR count). The van der Waals surface area contributed by atoms with E-state index in [4.69, 9.17) is 40.2 Å². The van der Waals surface area contributed by atoms with Crippen LogP contribution in [0.3, 0.4) is 0 Å². The number of ether oxygens (including phenoxy) is 1. The van der Waals surface area contributed by atoms with E-state index in [2.05, 4.69) is 10.6 Å². The van der Waals surface area contributed by atoms with E-state index in [9.17, 15) is 21.6 Å². The minimum atomic E-state index is -5.44. The molecule has 0 aliphatic heterocycles. The normalized spacial score (nSPS) is 11.8. The maximum Gasteiger partial charge on any atom is 0.501 e. The fourth-order valence-corrected chi connectivity index (χ4v) is 3.31. The van der Waals surface area contributed by atoms with E-state index < -0.39 is 20.2 Å². The first kappa shape index (κ1) is 21.5. The van der Waals surface area contributed by atoms with Crippen LogP contribution >= 0.6 is 35.4 Å². The molecule has 0 atom stereocenters. The van der Waals surface area contributed by atoms with Crippen molar-refractivity contribution in [3.05, 3.63) is 46.4 Å². The Morgan fingerprint density at radius 3 is 2.07 bits per heavy atom. The predicted molar refractivity (Wildman–Crippen MR) is 101 cm³/mol. The number of hydrogen-bond acceptors (Lipinski definition) is 4. The SMILES string of the molecule is CNC(=S)Nc1cc(Cl)c(Oc2ccc(S(=O)(=O)C(F)(F)F)cc2)c(Cl)c1. The lowest BCUT2D eigenvalue weighted by atomic mass is 10.3. The van der Waals surface area contributed by atoms with Crippen LogP contribution in [0.15, 0.2) is 41.3 Å². The van der Waals surface area contributed by atoms with Gasteiger partial charge in [-0.25, -0.2) is 8.42 Å². The molecule has 0 aliphatic carbocycles. The third-order valence-electron chi connectivity index (χ3n) is 3.14. The smallest absolute Gasteiger partial charge is 0.454 e. The van der Waals surface area contributed by atoms with Crippen LogP contribution in [0.2, 0.25) is 10.0 Å². The van der Waals surface area contributed by atoms with Gasteiger partial charge in [-0.1, -0.05) is 23.2 Å². The van der Waals surface area contributed by atoms with Gasteiger partial charge in [0, 0.05) is 12.7 Å². The zero-order chi connectivity index (χ0) is 20.4. The van der Waals surface area contributed by atoms with Crippen LogP contribution in [0.5, 0.6) is 11.5 Å². The molecule has 0 bridgehead atoms. The minimum Gasteiger partial charge on any atom is -0.454 e. The van der Waals surface area contributed by atoms with Gasteiger partial charge in [-0.2, -0.15) is 13.2 Å². The summed E-state index contributed by atoms with van der Waals surface area (Å²) in [5.41, 5.74) is -4.90. The highest BCUT2D eigenvalue weighted by Gasteiger charge is 2.46. The summed E-state index contributed by atoms with van der Waals surface area (Å²) in [6.07, 6.45) is 0. The maximum absolute atomic E-state index is 12.6. The van der Waals surface area contributed by atoms with Crippen molar-refractivity contribution in [1.82, 2.24) is 5.32 Å². The molecule has 27 heavy (non-hydrogen) atoms. The molecule has 0 amide bonds. The first-order valence-electron chi connectivity index (χ1n) is 7.02. The zero-order valence-electron chi connectivity index (χ0n) is 13.4. The van der Waals surface area contributed by atoms with Crippen LogP contribution in [0.25, 0.3) is 0 Å². The predicted octanol–water partition coefficient (Wildman–Crippen LogP) is 5.00. The van der Waals surface area contributed by atoms with E-state index in [0.717, 1.165) is 24.3 Å². The lowest BCUT2D eigenvalue weighted by Gasteiger charge is -2.13. The second kappa shape index (κ2) is 8.09. The fourth-order valence-electron chi connectivity index (χ4n) is 1.86. The Balaban J connectivity index is 2.26. The van der Waals surface area contributed by atoms with Crippen molar-refractivity contribution in [3.8, 4) is 11.5 Å². The quantitative estimate of drug-likeness (QED) is 0.628. The van der Waals surface area contributed by atoms with E-state index in [-0.39, 0.29) is 21.5 Å². The van der Waals surface area contributed by atoms with Crippen LogP contribution < -0.4 is 15.4 Å². The molecule has 12 heteroatoms. The Kier molecular flexibility index (Phi) is 6.46. The van der Waals surface area contributed by atoms with Crippen molar-refractivity contribution >= 4 is 56.1 Å². The average Bonchev–Trinajstić information content (AvgIpc) is 2.57. The largest absolute Gasteiger partial charge is 0.501 e. The van der Waals surface area contributed by atoms with E-state index in [1.807, 2.05) is 0 Å². The number of thiocarbonyl (C=S) groups is 1. The molecule has 146 valence electrons. The first-order chi connectivity index (χ1) is 12.5. The number of benzene rings is 2. The number of anilines is 1. The second-order valence-electron chi connectivity index (χ2n) is 5.00. The van der Waals surface area contributed by atoms with Gasteiger partial charge in [-0.05, 0) is 48.6 Å². The highest BCUT2D eigenvalue weighted by Crippen LogP contribution is 2.39. The van der Waals surface area contributed by atoms with E-state index in [1.54, 1.807) is 7.05 Å². The lowest BCUT2D eigenvalue weighted by molar-refractivity contribution is -0.0436. The topological polar surface area (TPSA) is 67.4 Å². The van der Waals surface area contributed by atoms with Gasteiger partial charge in [0.25, 0.3) is 9.84 Å². The summed E-state index contributed by atoms with van der Waals surface area (Å²) >= 11 is 17.2. The van der Waals surface area contributed by atoms with E-state index >= 15 is 0 Å². The molecule has 5 nitrogen and oxygen atoms in total. The Bertz CT molecular complexity index is 942. The molecule has 0 fully saturated rings. The summed E-state index contributed by atoms with van der Waals surface area (Å²) in [6, 6.07) is 6.65. The highest BCUT2D eigenvalue weighted by atomic mass is 35.5. The number of alkyl halides is 3. The Morgan fingerprint density at radius 2 is 1.63 bits per heavy atom. The molecule has 0 saturated heterocycles. The third-order valence-corrected chi connectivity index (χ3v) is 5.51. The third kappa shape index (κ3) is 4.95. The van der Waals surface area contributed by atoms with Gasteiger partial charge in [-0.3, -0.25) is 0 Å². The Morgan fingerprint density at radius 1 is 1.11 bits per heavy atom. The van der Waals surface area contributed by atoms with Crippen molar-refractivity contribution in [3.63, 3.8) is 0 Å². The summed E-state index contributed by atoms with van der Waals surface area (Å²) in [6.45, 7) is 0. The van der Waals surface area contributed by atoms with Gasteiger partial charge in [0.2, 0.25) is 0 Å². The molecular formula is C15H11Cl2F3N2O3S2. The molecule has 0 heterocycles. The van der Waals surface area contributed by atoms with Gasteiger partial charge >= 0.3 is 5.51 Å². The molecule has 0 spiro atoms. The van der Waals surface area contributed by atoms with Gasteiger partial charge < -0.3 is 15.4 Å². The van der Waals surface area contributed by atoms with E-state index in [1.165, 1.54) is 12.1 Å². The fraction of sp³-hybridized carbons (Fsp3) is 0.133. The van der Waals surface area contributed by atoms with Crippen molar-refractivity contribution in [2.45, 2.75) is 10.4 Å². The van der Waals surface area contributed by atoms with Crippen molar-refractivity contribution in [2.75, 3.05) is 12.4 Å². The summed E-state index contributed by atoms with van der Waals surface area (Å²) < 4.78 is 65.8. The monoisotopic (exact) mass is 458 g/mol. The van der Waals surface area contributed by atoms with Gasteiger partial charge in [-0.15, -0.1) is 0 Å². The number of sulfone groups is 1. The summed E-state index contributed by atoms with van der Waals surface area (Å²) in [7, 11) is -3.81. The van der Waals surface area contributed by atoms with Crippen LogP contribution in [0.4, 0.5) is 18.9 Å². The van der Waals surface area contributed by atoms with Crippen molar-refractivity contribution in [2.24, 2.45) is 0 Å². The molecule has 0 unspecified atom stereocenters. The van der Waals surface area contributed by atoms with E-state index in [0.29, 0.717) is 10.8 Å². The molecule has 0 aliphatic rings. The maximum atomic E-state index is 12.6. The minimum absolute atomic E-state index is 0.0469. The molecule has 2 aromatic carbocycles. The zero-order valence-corrected chi connectivity index (χ0v) is 16.5. The van der Waals surface area contributed by atoms with Crippen LogP contribution in [-0.2, 0) is 9.84 Å². The number of rotatable bonds is 4. The average molecular weight is 459 g/mol. The number of hydrogen-bond donors (Lipinski definition) is 2. The van der Waals surface area contributed by atoms with Gasteiger partial charge in [0.15, 0.2) is 10.9 Å². The summed E-state index contributed by atoms with van der Waals surface area (Å²) in [5.74, 6) is 0.0945. The first-order valence-corrected chi connectivity index (χ1v) is 9.67. The lowest BCUT2D eigenvalue weighted by Crippen LogP contribution is -2.24. The van der Waals surface area contributed by atoms with Crippen LogP contribution in [0, 0.1) is 0 Å². The highest BCUT2D eigenvalue weighted by molar-refractivity contribution is 7.92. The molecule has 0 aromatic heterocycles. The van der Waals surface area contributed by atoms with Gasteiger partial charge in [0.05, 0.1) is 14.9 Å². The molecule has 2 N–H and O–H groups in total. The Hall–Kier alpha value is -1.75. The molecule has 0 radical (unpaired) electrons. The molecule has 0 saturated carbocycles. The van der Waals surface area contributed by atoms with Crippen molar-refractivity contribution < 1.29 is 26.3 Å².